The highest BCUT2D eigenvalue weighted by atomic mass is 35.5. The third kappa shape index (κ3) is 1.95. The van der Waals surface area contributed by atoms with Crippen LogP contribution in [0.25, 0.3) is 11.1 Å². The van der Waals surface area contributed by atoms with Gasteiger partial charge in [0.05, 0.1) is 0 Å². The number of ketones is 1. The van der Waals surface area contributed by atoms with E-state index in [1.807, 2.05) is 30.5 Å². The number of aromatic amines is 1. The van der Waals surface area contributed by atoms with Gasteiger partial charge in [-0.25, -0.2) is 0 Å². The van der Waals surface area contributed by atoms with Gasteiger partial charge in [0.15, 0.2) is 5.78 Å². The minimum absolute atomic E-state index is 0.0474. The topological polar surface area (TPSA) is 32.9 Å². The second kappa shape index (κ2) is 3.91. The maximum absolute atomic E-state index is 11.3. The van der Waals surface area contributed by atoms with Crippen molar-refractivity contribution >= 4 is 17.4 Å². The summed E-state index contributed by atoms with van der Waals surface area (Å²) in [6.45, 7) is 1.55. The van der Waals surface area contributed by atoms with E-state index in [0.29, 0.717) is 10.6 Å². The van der Waals surface area contributed by atoms with Crippen LogP contribution in [0, 0.1) is 0 Å². The molecule has 1 heterocycles. The van der Waals surface area contributed by atoms with Gasteiger partial charge in [0, 0.05) is 28.5 Å². The quantitative estimate of drug-likeness (QED) is 0.770. The summed E-state index contributed by atoms with van der Waals surface area (Å²) in [5.41, 5.74) is 2.54. The molecule has 0 saturated heterocycles. The van der Waals surface area contributed by atoms with Gasteiger partial charge in [0.2, 0.25) is 0 Å². The Morgan fingerprint density at radius 2 is 2.13 bits per heavy atom. The molecule has 0 unspecified atom stereocenters. The first-order valence-electron chi connectivity index (χ1n) is 4.62. The van der Waals surface area contributed by atoms with Crippen LogP contribution >= 0.6 is 11.6 Å². The highest BCUT2D eigenvalue weighted by Gasteiger charge is 2.09. The minimum atomic E-state index is 0.0474. The fourth-order valence-electron chi connectivity index (χ4n) is 1.55. The Labute approximate surface area is 92.9 Å². The van der Waals surface area contributed by atoms with E-state index in [9.17, 15) is 4.79 Å². The summed E-state index contributed by atoms with van der Waals surface area (Å²) in [6.07, 6.45) is 3.51. The number of rotatable bonds is 2. The lowest BCUT2D eigenvalue weighted by Crippen LogP contribution is -1.91. The van der Waals surface area contributed by atoms with Crippen molar-refractivity contribution in [3.8, 4) is 11.1 Å². The maximum atomic E-state index is 11.3. The summed E-state index contributed by atoms with van der Waals surface area (Å²) in [6, 6.07) is 7.46. The summed E-state index contributed by atoms with van der Waals surface area (Å²) in [5, 5.41) is 0.670. The van der Waals surface area contributed by atoms with Crippen molar-refractivity contribution in [2.45, 2.75) is 6.92 Å². The number of carbonyl (C=O) groups excluding carboxylic acids is 1. The molecular formula is C12H10ClNO. The van der Waals surface area contributed by atoms with Gasteiger partial charge in [0.1, 0.15) is 0 Å². The van der Waals surface area contributed by atoms with Gasteiger partial charge in [-0.2, -0.15) is 0 Å². The number of halogens is 1. The molecule has 0 aliphatic carbocycles. The van der Waals surface area contributed by atoms with Crippen LogP contribution in [0.4, 0.5) is 0 Å². The number of benzene rings is 1. The number of hydrogen-bond acceptors (Lipinski definition) is 1. The average Bonchev–Trinajstić information content (AvgIpc) is 2.65. The summed E-state index contributed by atoms with van der Waals surface area (Å²) in [5.74, 6) is 0.0474. The van der Waals surface area contributed by atoms with E-state index < -0.39 is 0 Å². The second-order valence-corrected chi connectivity index (χ2v) is 3.79. The van der Waals surface area contributed by atoms with E-state index >= 15 is 0 Å². The molecule has 0 bridgehead atoms. The third-order valence-electron chi connectivity index (χ3n) is 2.26. The number of nitrogens with one attached hydrogen (secondary N) is 1. The van der Waals surface area contributed by atoms with Gasteiger partial charge in [-0.15, -0.1) is 0 Å². The standard InChI is InChI=1S/C12H10ClNO/c1-8(15)11-6-14-7-12(11)9-3-2-4-10(13)5-9/h2-7,14H,1H3. The van der Waals surface area contributed by atoms with Crippen LogP contribution in [0.2, 0.25) is 5.02 Å². The van der Waals surface area contributed by atoms with Gasteiger partial charge in [0.25, 0.3) is 0 Å². The van der Waals surface area contributed by atoms with Gasteiger partial charge < -0.3 is 4.98 Å². The van der Waals surface area contributed by atoms with Crippen molar-refractivity contribution < 1.29 is 4.79 Å². The van der Waals surface area contributed by atoms with E-state index in [1.165, 1.54) is 0 Å². The average molecular weight is 220 g/mol. The molecule has 76 valence electrons. The number of hydrogen-bond donors (Lipinski definition) is 1. The van der Waals surface area contributed by atoms with Gasteiger partial charge in [-0.3, -0.25) is 4.79 Å². The number of Topliss-reactive ketones (excluding diaryl/α,β-unsaturated/α-hetero) is 1. The number of H-pyrrole nitrogens is 1. The zero-order chi connectivity index (χ0) is 10.8. The van der Waals surface area contributed by atoms with Crippen LogP contribution in [-0.4, -0.2) is 10.8 Å². The van der Waals surface area contributed by atoms with E-state index in [1.54, 1.807) is 13.1 Å². The first-order chi connectivity index (χ1) is 7.18. The zero-order valence-electron chi connectivity index (χ0n) is 8.25. The van der Waals surface area contributed by atoms with E-state index in [2.05, 4.69) is 4.98 Å². The predicted molar refractivity (Wildman–Crippen MR) is 61.2 cm³/mol. The summed E-state index contributed by atoms with van der Waals surface area (Å²) in [4.78, 5) is 14.3. The Morgan fingerprint density at radius 1 is 1.33 bits per heavy atom. The molecule has 0 atom stereocenters. The highest BCUT2D eigenvalue weighted by Crippen LogP contribution is 2.26. The summed E-state index contributed by atoms with van der Waals surface area (Å²) < 4.78 is 0. The maximum Gasteiger partial charge on any atom is 0.161 e. The molecule has 0 spiro atoms. The van der Waals surface area contributed by atoms with Crippen LogP contribution in [-0.2, 0) is 0 Å². The Hall–Kier alpha value is -1.54. The van der Waals surface area contributed by atoms with E-state index in [0.717, 1.165) is 11.1 Å². The molecule has 1 aromatic heterocycles. The van der Waals surface area contributed by atoms with Crippen molar-refractivity contribution in [1.82, 2.24) is 4.98 Å². The predicted octanol–water partition coefficient (Wildman–Crippen LogP) is 3.54. The lowest BCUT2D eigenvalue weighted by atomic mass is 10.0. The van der Waals surface area contributed by atoms with Crippen molar-refractivity contribution in [1.29, 1.82) is 0 Å². The Bertz CT molecular complexity index is 502. The van der Waals surface area contributed by atoms with Gasteiger partial charge in [-0.1, -0.05) is 23.7 Å². The second-order valence-electron chi connectivity index (χ2n) is 3.35. The van der Waals surface area contributed by atoms with Crippen molar-refractivity contribution in [3.05, 3.63) is 47.2 Å². The fourth-order valence-corrected chi connectivity index (χ4v) is 1.74. The summed E-state index contributed by atoms with van der Waals surface area (Å²) >= 11 is 5.90. The lowest BCUT2D eigenvalue weighted by molar-refractivity contribution is 0.101. The molecule has 0 radical (unpaired) electrons. The van der Waals surface area contributed by atoms with E-state index in [4.69, 9.17) is 11.6 Å². The van der Waals surface area contributed by atoms with Crippen LogP contribution in [0.3, 0.4) is 0 Å². The van der Waals surface area contributed by atoms with Gasteiger partial charge in [-0.05, 0) is 24.6 Å². The molecule has 0 amide bonds. The smallest absolute Gasteiger partial charge is 0.161 e. The SMILES string of the molecule is CC(=O)c1c[nH]cc1-c1cccc(Cl)c1. The monoisotopic (exact) mass is 219 g/mol. The first kappa shape index (κ1) is 9.99. The van der Waals surface area contributed by atoms with Crippen LogP contribution in [0.15, 0.2) is 36.7 Å². The Balaban J connectivity index is 2.54. The minimum Gasteiger partial charge on any atom is -0.366 e. The molecule has 1 aromatic carbocycles. The number of carbonyl (C=O) groups is 1. The zero-order valence-corrected chi connectivity index (χ0v) is 9.01. The van der Waals surface area contributed by atoms with Crippen LogP contribution < -0.4 is 0 Å². The highest BCUT2D eigenvalue weighted by molar-refractivity contribution is 6.30. The molecular weight excluding hydrogens is 210 g/mol. The fraction of sp³-hybridized carbons (Fsp3) is 0.0833. The molecule has 2 nitrogen and oxygen atoms in total. The van der Waals surface area contributed by atoms with E-state index in [-0.39, 0.29) is 5.78 Å². The molecule has 2 aromatic rings. The molecule has 0 aliphatic heterocycles. The summed E-state index contributed by atoms with van der Waals surface area (Å²) in [7, 11) is 0. The van der Waals surface area contributed by atoms with Gasteiger partial charge >= 0.3 is 0 Å². The van der Waals surface area contributed by atoms with Crippen LogP contribution in [0.5, 0.6) is 0 Å². The normalized spacial score (nSPS) is 10.3. The molecule has 0 aliphatic rings. The first-order valence-corrected chi connectivity index (χ1v) is 5.00. The molecule has 2 rings (SSSR count). The Kier molecular flexibility index (Phi) is 2.60. The van der Waals surface area contributed by atoms with Crippen molar-refractivity contribution in [3.63, 3.8) is 0 Å². The molecule has 1 N–H and O–H groups in total. The molecule has 3 heteroatoms. The van der Waals surface area contributed by atoms with Crippen LogP contribution in [0.1, 0.15) is 17.3 Å². The Morgan fingerprint density at radius 3 is 2.80 bits per heavy atom. The molecule has 0 fully saturated rings. The van der Waals surface area contributed by atoms with Crippen molar-refractivity contribution in [2.24, 2.45) is 0 Å². The third-order valence-corrected chi connectivity index (χ3v) is 2.50. The number of aromatic nitrogens is 1. The lowest BCUT2D eigenvalue weighted by Gasteiger charge is -2.01. The molecule has 15 heavy (non-hydrogen) atoms. The van der Waals surface area contributed by atoms with Crippen molar-refractivity contribution in [2.75, 3.05) is 0 Å². The largest absolute Gasteiger partial charge is 0.366 e. The molecule has 0 saturated carbocycles.